The van der Waals surface area contributed by atoms with E-state index in [2.05, 4.69) is 50.6 Å². The molecule has 15 heteroatoms. The molecule has 5 aromatic rings. The molecule has 0 bridgehead atoms. The standard InChI is InChI=1S/C57H68FN9O5/c1-4-38-7-5-8-39-26-42(68)27-44(47(38)39)49-48(58)50-45(30-59-49)51(66-18-6-13-55(3,71)33-66)62-54(61-50)72-35-57(14-15-57)34-64-19-16-56(17-20-64)28-37(29-56)31-63-21-23-65(24-22-63)41-10-11-43-40(25-41)32-67(53(43)70)46-12-9-36(2)60-52(46)69/h5,7-8,10-11,25-27,30,37,46,68,71H,2,4,6,9,12-24,28-29,31-35H2,1,3H3,(H,60,69)/t46-,55+/m0/s1. The number of nitrogens with zero attached hydrogens (tertiary/aromatic N) is 8. The van der Waals surface area contributed by atoms with Crippen LogP contribution < -0.4 is 19.9 Å². The molecular weight excluding hydrogens is 910 g/mol. The van der Waals surface area contributed by atoms with Gasteiger partial charge in [0.25, 0.3) is 5.91 Å². The monoisotopic (exact) mass is 978 g/mol. The molecule has 12 rings (SSSR count). The first-order chi connectivity index (χ1) is 34.7. The zero-order chi connectivity index (χ0) is 49.5. The fraction of sp³-hybridized carbons (Fsp3) is 0.526. The number of aliphatic hydroxyl groups is 1. The van der Waals surface area contributed by atoms with E-state index in [1.165, 1.54) is 25.7 Å². The van der Waals surface area contributed by atoms with Gasteiger partial charge in [0.15, 0.2) is 5.82 Å². The van der Waals surface area contributed by atoms with Gasteiger partial charge >= 0.3 is 6.01 Å². The topological polar surface area (TPSA) is 151 Å². The summed E-state index contributed by atoms with van der Waals surface area (Å²) in [5.41, 5.74) is 4.92. The number of likely N-dealkylation sites (tertiary alicyclic amines) is 1. The van der Waals surface area contributed by atoms with E-state index < -0.39 is 17.5 Å². The van der Waals surface area contributed by atoms with Crippen molar-refractivity contribution in [1.29, 1.82) is 0 Å². The zero-order valence-corrected chi connectivity index (χ0v) is 41.9. The molecule has 7 aliphatic rings. The molecule has 2 saturated carbocycles. The molecule has 6 fully saturated rings. The fourth-order valence-corrected chi connectivity index (χ4v) is 13.4. The van der Waals surface area contributed by atoms with Crippen molar-refractivity contribution in [3.63, 3.8) is 0 Å². The van der Waals surface area contributed by atoms with Crippen LogP contribution in [0, 0.1) is 22.6 Å². The van der Waals surface area contributed by atoms with Crippen LogP contribution in [0.4, 0.5) is 15.9 Å². The smallest absolute Gasteiger partial charge is 0.319 e. The number of anilines is 2. The number of aryl methyl sites for hydroxylation is 1. The molecule has 3 aromatic carbocycles. The molecule has 0 unspecified atom stereocenters. The molecular formula is C57H68FN9O5. The minimum absolute atomic E-state index is 0.00202. The number of fused-ring (bicyclic) bond motifs is 3. The van der Waals surface area contributed by atoms with Crippen molar-refractivity contribution >= 4 is 45.0 Å². The van der Waals surface area contributed by atoms with Crippen LogP contribution >= 0.6 is 0 Å². The summed E-state index contributed by atoms with van der Waals surface area (Å²) in [5.74, 6) is 0.516. The van der Waals surface area contributed by atoms with Crippen molar-refractivity contribution in [2.24, 2.45) is 16.7 Å². The molecule has 1 spiro atoms. The summed E-state index contributed by atoms with van der Waals surface area (Å²) in [5, 5.41) is 26.9. The van der Waals surface area contributed by atoms with E-state index in [0.717, 1.165) is 117 Å². The minimum atomic E-state index is -0.920. The number of amides is 2. The summed E-state index contributed by atoms with van der Waals surface area (Å²) >= 11 is 0. The number of allylic oxidation sites excluding steroid dienone is 1. The quantitative estimate of drug-likeness (QED) is 0.112. The van der Waals surface area contributed by atoms with Crippen molar-refractivity contribution in [2.45, 2.75) is 103 Å². The molecule has 2 aromatic heterocycles. The van der Waals surface area contributed by atoms with Gasteiger partial charge in [-0.15, -0.1) is 0 Å². The molecule has 2 aliphatic carbocycles. The van der Waals surface area contributed by atoms with E-state index in [1.54, 1.807) is 23.2 Å². The fourth-order valence-electron chi connectivity index (χ4n) is 13.4. The number of hydrogen-bond acceptors (Lipinski definition) is 12. The maximum atomic E-state index is 17.2. The predicted molar refractivity (Wildman–Crippen MR) is 277 cm³/mol. The Kier molecular flexibility index (Phi) is 11.9. The van der Waals surface area contributed by atoms with Gasteiger partial charge in [0.2, 0.25) is 5.91 Å². The second-order valence-corrected chi connectivity index (χ2v) is 22.9. The summed E-state index contributed by atoms with van der Waals surface area (Å²) in [4.78, 5) is 51.8. The lowest BCUT2D eigenvalue weighted by Gasteiger charge is -2.54. The highest BCUT2D eigenvalue weighted by Crippen LogP contribution is 2.54. The number of aromatic hydroxyl groups is 1. The van der Waals surface area contributed by atoms with E-state index in [-0.39, 0.29) is 40.2 Å². The van der Waals surface area contributed by atoms with Gasteiger partial charge in [-0.05, 0) is 154 Å². The summed E-state index contributed by atoms with van der Waals surface area (Å²) in [6.07, 6.45) is 12.3. The van der Waals surface area contributed by atoms with Crippen molar-refractivity contribution in [1.82, 2.24) is 35.0 Å². The number of piperazine rings is 1. The lowest BCUT2D eigenvalue weighted by molar-refractivity contribution is -0.126. The van der Waals surface area contributed by atoms with Crippen LogP contribution in [-0.2, 0) is 17.8 Å². The van der Waals surface area contributed by atoms with Crippen LogP contribution in [0.5, 0.6) is 11.8 Å². The molecule has 4 saturated heterocycles. The number of phenols is 1. The van der Waals surface area contributed by atoms with Crippen molar-refractivity contribution < 1.29 is 28.9 Å². The first-order valence-electron chi connectivity index (χ1n) is 26.6. The number of piperidine rings is 3. The third-order valence-corrected chi connectivity index (χ3v) is 17.6. The van der Waals surface area contributed by atoms with Crippen molar-refractivity contribution in [3.05, 3.63) is 89.5 Å². The number of phenolic OH excluding ortho intramolecular Hbond substituents is 1. The van der Waals surface area contributed by atoms with Crippen molar-refractivity contribution in [2.75, 3.05) is 81.9 Å². The van der Waals surface area contributed by atoms with Gasteiger partial charge in [0.05, 0.1) is 17.6 Å². The van der Waals surface area contributed by atoms with E-state index in [1.807, 2.05) is 36.1 Å². The Hall–Kier alpha value is -5.90. The molecule has 3 N–H and O–H groups in total. The van der Waals surface area contributed by atoms with Gasteiger partial charge in [-0.25, -0.2) is 4.39 Å². The molecule has 0 radical (unpaired) electrons. The Bertz CT molecular complexity index is 2970. The van der Waals surface area contributed by atoms with Gasteiger partial charge in [0, 0.05) is 93.0 Å². The number of β-amino-alcohol motifs (C(OH)–C–C–N with tert-alkyl or cyclic N) is 1. The average molecular weight is 978 g/mol. The Morgan fingerprint density at radius 1 is 0.917 bits per heavy atom. The maximum absolute atomic E-state index is 17.2. The van der Waals surface area contributed by atoms with E-state index in [0.29, 0.717) is 73.2 Å². The van der Waals surface area contributed by atoms with Crippen LogP contribution in [0.25, 0.3) is 32.9 Å². The third kappa shape index (κ3) is 8.93. The second-order valence-electron chi connectivity index (χ2n) is 22.9. The van der Waals surface area contributed by atoms with Crippen LogP contribution in [0.2, 0.25) is 0 Å². The summed E-state index contributed by atoms with van der Waals surface area (Å²) < 4.78 is 23.7. The average Bonchev–Trinajstić information content (AvgIpc) is 4.05. The van der Waals surface area contributed by atoms with Crippen LogP contribution in [-0.4, -0.2) is 135 Å². The third-order valence-electron chi connectivity index (χ3n) is 17.6. The maximum Gasteiger partial charge on any atom is 0.319 e. The van der Waals surface area contributed by atoms with Crippen LogP contribution in [0.15, 0.2) is 67.0 Å². The van der Waals surface area contributed by atoms with Crippen LogP contribution in [0.1, 0.15) is 99.5 Å². The molecule has 7 heterocycles. The van der Waals surface area contributed by atoms with Crippen molar-refractivity contribution in [3.8, 4) is 23.0 Å². The highest BCUT2D eigenvalue weighted by Gasteiger charge is 2.50. The lowest BCUT2D eigenvalue weighted by atomic mass is 9.57. The number of carbonyl (C=O) groups is 2. The van der Waals surface area contributed by atoms with Gasteiger partial charge in [-0.2, -0.15) is 9.97 Å². The Labute approximate surface area is 421 Å². The Balaban J connectivity index is 0.655. The largest absolute Gasteiger partial charge is 0.508 e. The van der Waals surface area contributed by atoms with Gasteiger partial charge in [-0.3, -0.25) is 19.5 Å². The number of aromatic nitrogens is 3. The first kappa shape index (κ1) is 47.1. The van der Waals surface area contributed by atoms with Crippen LogP contribution in [0.3, 0.4) is 0 Å². The lowest BCUT2D eigenvalue weighted by Crippen LogP contribution is -2.53. The molecule has 72 heavy (non-hydrogen) atoms. The SMILES string of the molecule is C=C1CC[C@H](N2Cc3cc(N4CCN(CC5CC6(CCN(CC7(COc8nc(N9CCC[C@@](C)(O)C9)c9cnc(-c%10cc(O)cc%11cccc(CC)c%10%11)c(F)c9n8)CC7)CC6)C5)CC4)ccc3C2=O)C(=O)N1. The second kappa shape index (κ2) is 18.2. The molecule has 5 aliphatic heterocycles. The van der Waals surface area contributed by atoms with E-state index in [9.17, 15) is 19.8 Å². The number of pyridine rings is 1. The number of carbonyl (C=O) groups excluding carboxylic acids is 2. The number of nitrogens with one attached hydrogen (secondary N) is 1. The highest BCUT2D eigenvalue weighted by atomic mass is 19.1. The number of rotatable bonds is 12. The van der Waals surface area contributed by atoms with Gasteiger partial charge in [-0.1, -0.05) is 31.7 Å². The number of hydrogen-bond donors (Lipinski definition) is 3. The first-order valence-corrected chi connectivity index (χ1v) is 26.6. The van der Waals surface area contributed by atoms with E-state index >= 15 is 4.39 Å². The highest BCUT2D eigenvalue weighted by molar-refractivity contribution is 6.03. The van der Waals surface area contributed by atoms with Gasteiger partial charge < -0.3 is 39.9 Å². The Morgan fingerprint density at radius 2 is 1.72 bits per heavy atom. The molecule has 378 valence electrons. The molecule has 14 nitrogen and oxygen atoms in total. The summed E-state index contributed by atoms with van der Waals surface area (Å²) in [6.45, 7) is 18.0. The summed E-state index contributed by atoms with van der Waals surface area (Å²) in [6, 6.07) is 15.1. The van der Waals surface area contributed by atoms with Gasteiger partial charge in [0.1, 0.15) is 28.8 Å². The molecule has 2 atom stereocenters. The number of benzene rings is 3. The molecule has 2 amide bonds. The predicted octanol–water partition coefficient (Wildman–Crippen LogP) is 7.82. The Morgan fingerprint density at radius 3 is 2.47 bits per heavy atom. The number of halogens is 1. The number of ether oxygens (including phenoxy) is 1. The minimum Gasteiger partial charge on any atom is -0.508 e. The zero-order valence-electron chi connectivity index (χ0n) is 41.9. The van der Waals surface area contributed by atoms with E-state index in [4.69, 9.17) is 14.7 Å². The summed E-state index contributed by atoms with van der Waals surface area (Å²) in [7, 11) is 0. The normalized spacial score (nSPS) is 24.5.